The molecule has 0 aliphatic rings. The van der Waals surface area contributed by atoms with E-state index in [0.29, 0.717) is 22.6 Å². The van der Waals surface area contributed by atoms with Crippen molar-refractivity contribution in [2.24, 2.45) is 0 Å². The van der Waals surface area contributed by atoms with Gasteiger partial charge in [0, 0.05) is 11.3 Å². The second kappa shape index (κ2) is 8.08. The number of carbonyl (C=O) groups is 2. The fourth-order valence-corrected chi connectivity index (χ4v) is 2.80. The summed E-state index contributed by atoms with van der Waals surface area (Å²) in [7, 11) is 0. The van der Waals surface area contributed by atoms with Crippen LogP contribution in [0.25, 0.3) is 11.4 Å². The first-order valence-electron chi connectivity index (χ1n) is 8.83. The van der Waals surface area contributed by atoms with Gasteiger partial charge >= 0.3 is 11.9 Å². The molecule has 0 spiro atoms. The average molecular weight is 383 g/mol. The Hall–Kier alpha value is -3.42. The number of nitrogens with one attached hydrogen (secondary N) is 1. The SMILES string of the molecule is CCOC(=O)c1c(C)[nH]c(C(=O)OCc2nc(-c3ccc(C)cc3)no2)c1C. The van der Waals surface area contributed by atoms with E-state index in [0.717, 1.165) is 11.1 Å². The molecule has 8 heteroatoms. The fourth-order valence-electron chi connectivity index (χ4n) is 2.80. The van der Waals surface area contributed by atoms with Crippen LogP contribution in [0.2, 0.25) is 0 Å². The lowest BCUT2D eigenvalue weighted by Gasteiger charge is -2.03. The summed E-state index contributed by atoms with van der Waals surface area (Å²) in [5, 5.41) is 3.90. The van der Waals surface area contributed by atoms with Crippen LogP contribution in [0.15, 0.2) is 28.8 Å². The van der Waals surface area contributed by atoms with Gasteiger partial charge in [-0.2, -0.15) is 4.98 Å². The molecule has 3 rings (SSSR count). The van der Waals surface area contributed by atoms with Crippen LogP contribution in [0.1, 0.15) is 50.5 Å². The molecule has 0 saturated carbocycles. The molecule has 0 unspecified atom stereocenters. The van der Waals surface area contributed by atoms with Crippen LogP contribution >= 0.6 is 0 Å². The maximum atomic E-state index is 12.4. The van der Waals surface area contributed by atoms with Crippen molar-refractivity contribution in [3.05, 3.63) is 58.2 Å². The molecule has 2 aromatic heterocycles. The lowest BCUT2D eigenvalue weighted by molar-refractivity contribution is 0.0422. The summed E-state index contributed by atoms with van der Waals surface area (Å²) in [6.07, 6.45) is 0. The summed E-state index contributed by atoms with van der Waals surface area (Å²) in [6, 6.07) is 7.67. The van der Waals surface area contributed by atoms with Crippen molar-refractivity contribution < 1.29 is 23.6 Å². The molecule has 0 atom stereocenters. The first-order valence-corrected chi connectivity index (χ1v) is 8.83. The van der Waals surface area contributed by atoms with Gasteiger partial charge in [-0.25, -0.2) is 9.59 Å². The maximum Gasteiger partial charge on any atom is 0.355 e. The normalized spacial score (nSPS) is 10.7. The van der Waals surface area contributed by atoms with Crippen LogP contribution in [0.4, 0.5) is 0 Å². The predicted molar refractivity (Wildman–Crippen MR) is 99.8 cm³/mol. The summed E-state index contributed by atoms with van der Waals surface area (Å²) in [5.74, 6) is -0.503. The van der Waals surface area contributed by atoms with Gasteiger partial charge in [0.05, 0.1) is 12.2 Å². The van der Waals surface area contributed by atoms with Crippen molar-refractivity contribution in [1.29, 1.82) is 0 Å². The summed E-state index contributed by atoms with van der Waals surface area (Å²) in [5.41, 5.74) is 3.49. The van der Waals surface area contributed by atoms with Crippen molar-refractivity contribution in [1.82, 2.24) is 15.1 Å². The van der Waals surface area contributed by atoms with E-state index >= 15 is 0 Å². The number of benzene rings is 1. The Morgan fingerprint density at radius 1 is 1.07 bits per heavy atom. The minimum atomic E-state index is -0.619. The topological polar surface area (TPSA) is 107 Å². The highest BCUT2D eigenvalue weighted by atomic mass is 16.6. The van der Waals surface area contributed by atoms with Gasteiger partial charge < -0.3 is 19.0 Å². The molecule has 28 heavy (non-hydrogen) atoms. The highest BCUT2D eigenvalue weighted by molar-refractivity contribution is 5.98. The van der Waals surface area contributed by atoms with Crippen molar-refractivity contribution in [3.8, 4) is 11.4 Å². The Labute approximate surface area is 161 Å². The number of hydrogen-bond donors (Lipinski definition) is 1. The third kappa shape index (κ3) is 3.95. The minimum absolute atomic E-state index is 0.176. The number of aryl methyl sites for hydroxylation is 2. The number of esters is 2. The van der Waals surface area contributed by atoms with Gasteiger partial charge in [0.1, 0.15) is 5.69 Å². The third-order valence-electron chi connectivity index (χ3n) is 4.23. The second-order valence-corrected chi connectivity index (χ2v) is 6.30. The van der Waals surface area contributed by atoms with Gasteiger partial charge in [-0.05, 0) is 33.3 Å². The standard InChI is InChI=1S/C20H21N3O5/c1-5-26-19(24)16-12(3)17(21-13(16)4)20(25)27-10-15-22-18(23-28-15)14-8-6-11(2)7-9-14/h6-9,21H,5,10H2,1-4H3. The van der Waals surface area contributed by atoms with Gasteiger partial charge in [0.15, 0.2) is 6.61 Å². The van der Waals surface area contributed by atoms with Crippen molar-refractivity contribution in [2.75, 3.05) is 6.61 Å². The van der Waals surface area contributed by atoms with Crippen molar-refractivity contribution in [2.45, 2.75) is 34.3 Å². The predicted octanol–water partition coefficient (Wildman–Crippen LogP) is 3.52. The molecule has 0 aliphatic heterocycles. The molecule has 1 N–H and O–H groups in total. The highest BCUT2D eigenvalue weighted by Gasteiger charge is 2.24. The highest BCUT2D eigenvalue weighted by Crippen LogP contribution is 2.21. The van der Waals surface area contributed by atoms with Gasteiger partial charge in [0.25, 0.3) is 5.89 Å². The smallest absolute Gasteiger partial charge is 0.355 e. The molecule has 0 bridgehead atoms. The number of rotatable bonds is 6. The zero-order valence-electron chi connectivity index (χ0n) is 16.2. The summed E-state index contributed by atoms with van der Waals surface area (Å²) in [4.78, 5) is 31.6. The monoisotopic (exact) mass is 383 g/mol. The average Bonchev–Trinajstić information content (AvgIpc) is 3.25. The van der Waals surface area contributed by atoms with Crippen LogP contribution in [0.3, 0.4) is 0 Å². The van der Waals surface area contributed by atoms with E-state index in [9.17, 15) is 9.59 Å². The molecule has 0 aliphatic carbocycles. The second-order valence-electron chi connectivity index (χ2n) is 6.30. The molecule has 2 heterocycles. The van der Waals surface area contributed by atoms with Crippen LogP contribution in [-0.2, 0) is 16.1 Å². The minimum Gasteiger partial charge on any atom is -0.462 e. The molecule has 0 saturated heterocycles. The molecular formula is C20H21N3O5. The number of aromatic nitrogens is 3. The first kappa shape index (κ1) is 19.3. The Balaban J connectivity index is 1.69. The van der Waals surface area contributed by atoms with E-state index in [1.165, 1.54) is 0 Å². The van der Waals surface area contributed by atoms with Crippen LogP contribution in [-0.4, -0.2) is 33.7 Å². The van der Waals surface area contributed by atoms with Crippen molar-refractivity contribution >= 4 is 11.9 Å². The van der Waals surface area contributed by atoms with E-state index in [4.69, 9.17) is 14.0 Å². The number of hydrogen-bond acceptors (Lipinski definition) is 7. The van der Waals surface area contributed by atoms with E-state index in [1.807, 2.05) is 31.2 Å². The summed E-state index contributed by atoms with van der Waals surface area (Å²) < 4.78 is 15.4. The van der Waals surface area contributed by atoms with Crippen LogP contribution in [0, 0.1) is 20.8 Å². The molecule has 146 valence electrons. The van der Waals surface area contributed by atoms with Gasteiger partial charge in [-0.1, -0.05) is 35.0 Å². The first-order chi connectivity index (χ1) is 13.4. The lowest BCUT2D eigenvalue weighted by Crippen LogP contribution is -2.09. The molecular weight excluding hydrogens is 362 g/mol. The van der Waals surface area contributed by atoms with Crippen LogP contribution < -0.4 is 0 Å². The zero-order valence-corrected chi connectivity index (χ0v) is 16.2. The largest absolute Gasteiger partial charge is 0.462 e. The Morgan fingerprint density at radius 2 is 1.79 bits per heavy atom. The molecule has 0 radical (unpaired) electrons. The van der Waals surface area contributed by atoms with Gasteiger partial charge in [-0.3, -0.25) is 0 Å². The molecule has 1 aromatic carbocycles. The quantitative estimate of drug-likeness (QED) is 0.649. The number of H-pyrrole nitrogens is 1. The van der Waals surface area contributed by atoms with Crippen molar-refractivity contribution in [3.63, 3.8) is 0 Å². The Kier molecular flexibility index (Phi) is 5.58. The van der Waals surface area contributed by atoms with E-state index < -0.39 is 11.9 Å². The summed E-state index contributed by atoms with van der Waals surface area (Å²) >= 11 is 0. The van der Waals surface area contributed by atoms with Gasteiger partial charge in [-0.15, -0.1) is 0 Å². The van der Waals surface area contributed by atoms with Crippen LogP contribution in [0.5, 0.6) is 0 Å². The lowest BCUT2D eigenvalue weighted by atomic mass is 10.1. The third-order valence-corrected chi connectivity index (χ3v) is 4.23. The molecule has 0 amide bonds. The number of aromatic amines is 1. The number of nitrogens with zero attached hydrogens (tertiary/aromatic N) is 2. The number of ether oxygens (including phenoxy) is 2. The molecule has 3 aromatic rings. The Morgan fingerprint density at radius 3 is 2.46 bits per heavy atom. The maximum absolute atomic E-state index is 12.4. The fraction of sp³-hybridized carbons (Fsp3) is 0.300. The number of carbonyl (C=O) groups excluding carboxylic acids is 2. The molecule has 8 nitrogen and oxygen atoms in total. The summed E-state index contributed by atoms with van der Waals surface area (Å²) in [6.45, 7) is 7.14. The van der Waals surface area contributed by atoms with E-state index in [-0.39, 0.29) is 24.8 Å². The van der Waals surface area contributed by atoms with E-state index in [1.54, 1.807) is 20.8 Å². The van der Waals surface area contributed by atoms with Gasteiger partial charge in [0.2, 0.25) is 5.82 Å². The van der Waals surface area contributed by atoms with E-state index in [2.05, 4.69) is 15.1 Å². The Bertz CT molecular complexity index is 1000. The zero-order chi connectivity index (χ0) is 20.3. The molecule has 0 fully saturated rings.